The summed E-state index contributed by atoms with van der Waals surface area (Å²) in [5, 5.41) is 11.9. The molecule has 1 fully saturated rings. The van der Waals surface area contributed by atoms with Crippen LogP contribution in [-0.2, 0) is 9.59 Å². The first-order valence-corrected chi connectivity index (χ1v) is 12.5. The fourth-order valence-corrected chi connectivity index (χ4v) is 5.80. The molecule has 2 aromatic carbocycles. The Bertz CT molecular complexity index is 1750. The van der Waals surface area contributed by atoms with Gasteiger partial charge in [0.15, 0.2) is 10.9 Å². The van der Waals surface area contributed by atoms with Gasteiger partial charge in [0.25, 0.3) is 5.78 Å². The molecule has 6 rings (SSSR count). The van der Waals surface area contributed by atoms with Gasteiger partial charge in [-0.1, -0.05) is 47.7 Å². The van der Waals surface area contributed by atoms with E-state index < -0.39 is 17.7 Å². The van der Waals surface area contributed by atoms with Gasteiger partial charge in [0.1, 0.15) is 17.1 Å². The summed E-state index contributed by atoms with van der Waals surface area (Å²) in [5.74, 6) is -1.17. The van der Waals surface area contributed by atoms with Gasteiger partial charge in [-0.15, -0.1) is 0 Å². The molecule has 4 heterocycles. The molecule has 1 N–H and O–H groups in total. The predicted molar refractivity (Wildman–Crippen MR) is 142 cm³/mol. The Kier molecular flexibility index (Phi) is 5.31. The number of carbonyl (C=O) groups excluding carboxylic acids is 2. The van der Waals surface area contributed by atoms with Crippen molar-refractivity contribution in [3.05, 3.63) is 94.9 Å². The van der Waals surface area contributed by atoms with Gasteiger partial charge in [0.05, 0.1) is 34.6 Å². The van der Waals surface area contributed by atoms with Crippen LogP contribution in [0.25, 0.3) is 21.6 Å². The van der Waals surface area contributed by atoms with Crippen LogP contribution in [0.15, 0.2) is 72.4 Å². The third-order valence-corrected chi connectivity index (χ3v) is 7.68. The maximum Gasteiger partial charge on any atom is 0.301 e. The average Bonchev–Trinajstić information content (AvgIpc) is 3.56. The predicted octanol–water partition coefficient (Wildman–Crippen LogP) is 5.20. The summed E-state index contributed by atoms with van der Waals surface area (Å²) in [5.41, 5.74) is 3.88. The normalized spacial score (nSPS) is 17.3. The number of aliphatic hydroxyl groups excluding tert-OH is 1. The van der Waals surface area contributed by atoms with E-state index in [0.29, 0.717) is 33.3 Å². The van der Waals surface area contributed by atoms with E-state index in [9.17, 15) is 14.7 Å². The Morgan fingerprint density at radius 1 is 1.03 bits per heavy atom. The van der Waals surface area contributed by atoms with Crippen molar-refractivity contribution in [2.45, 2.75) is 19.9 Å². The molecule has 37 heavy (non-hydrogen) atoms. The largest absolute Gasteiger partial charge is 0.505 e. The molecule has 3 aromatic heterocycles. The number of ether oxygens (including phenoxy) is 1. The zero-order valence-corrected chi connectivity index (χ0v) is 21.1. The van der Waals surface area contributed by atoms with E-state index in [1.807, 2.05) is 79.0 Å². The number of aliphatic hydroxyl groups is 1. The van der Waals surface area contributed by atoms with Crippen LogP contribution in [0.1, 0.15) is 28.6 Å². The van der Waals surface area contributed by atoms with Crippen LogP contribution in [0.4, 0.5) is 5.13 Å². The Balaban J connectivity index is 1.58. The molecule has 1 aliphatic heterocycles. The number of hydrogen-bond donors (Lipinski definition) is 1. The van der Waals surface area contributed by atoms with Gasteiger partial charge >= 0.3 is 5.91 Å². The second-order valence-electron chi connectivity index (χ2n) is 8.84. The minimum absolute atomic E-state index is 0.0165. The molecule has 1 aliphatic rings. The van der Waals surface area contributed by atoms with E-state index in [1.54, 1.807) is 13.2 Å². The maximum atomic E-state index is 13.5. The number of imidazole rings is 1. The number of rotatable bonds is 4. The molecule has 0 radical (unpaired) electrons. The summed E-state index contributed by atoms with van der Waals surface area (Å²) in [4.78, 5) is 37.7. The third kappa shape index (κ3) is 3.50. The molecule has 8 nitrogen and oxygen atoms in total. The zero-order chi connectivity index (χ0) is 25.8. The summed E-state index contributed by atoms with van der Waals surface area (Å²) in [6.45, 7) is 3.75. The molecule has 0 spiro atoms. The van der Waals surface area contributed by atoms with E-state index in [1.165, 1.54) is 16.2 Å². The van der Waals surface area contributed by atoms with E-state index in [0.717, 1.165) is 10.3 Å². The lowest BCUT2D eigenvalue weighted by Crippen LogP contribution is -2.29. The van der Waals surface area contributed by atoms with Crippen LogP contribution in [0, 0.1) is 13.8 Å². The second-order valence-corrected chi connectivity index (χ2v) is 9.85. The van der Waals surface area contributed by atoms with Crippen molar-refractivity contribution >= 4 is 49.8 Å². The fourth-order valence-electron chi connectivity index (χ4n) is 4.78. The highest BCUT2D eigenvalue weighted by Gasteiger charge is 2.48. The van der Waals surface area contributed by atoms with Crippen molar-refractivity contribution in [3.63, 3.8) is 0 Å². The molecular formula is C28H22N4O4S. The topological polar surface area (TPSA) is 97.0 Å². The number of methoxy groups -OCH3 is 1. The maximum absolute atomic E-state index is 13.5. The molecule has 0 bridgehead atoms. The molecule has 0 saturated carbocycles. The number of aryl methyl sites for hydroxylation is 2. The van der Waals surface area contributed by atoms with Crippen LogP contribution >= 0.6 is 11.3 Å². The van der Waals surface area contributed by atoms with Gasteiger partial charge in [-0.05, 0) is 49.2 Å². The summed E-state index contributed by atoms with van der Waals surface area (Å²) in [6.07, 6.45) is 1.85. The van der Waals surface area contributed by atoms with E-state index in [4.69, 9.17) is 4.74 Å². The van der Waals surface area contributed by atoms with Gasteiger partial charge in [0.2, 0.25) is 0 Å². The van der Waals surface area contributed by atoms with E-state index in [2.05, 4.69) is 9.97 Å². The van der Waals surface area contributed by atoms with E-state index in [-0.39, 0.29) is 17.0 Å². The number of anilines is 1. The molecular weight excluding hydrogens is 488 g/mol. The number of Topliss-reactive ketones (excluding diaryl/α,β-unsaturated/α-hetero) is 1. The number of nitrogens with zero attached hydrogens (tertiary/aromatic N) is 4. The zero-order valence-electron chi connectivity index (χ0n) is 20.3. The Hall–Kier alpha value is -4.50. The fraction of sp³-hybridized carbons (Fsp3) is 0.143. The number of aromatic nitrogens is 3. The molecule has 1 saturated heterocycles. The summed E-state index contributed by atoms with van der Waals surface area (Å²) < 4.78 is 8.00. The van der Waals surface area contributed by atoms with Crippen LogP contribution in [-0.4, -0.2) is 38.3 Å². The van der Waals surface area contributed by atoms with Crippen LogP contribution < -0.4 is 9.64 Å². The quantitative estimate of drug-likeness (QED) is 0.203. The Morgan fingerprint density at radius 2 is 1.81 bits per heavy atom. The molecule has 0 aliphatic carbocycles. The van der Waals surface area contributed by atoms with Crippen molar-refractivity contribution in [3.8, 4) is 5.75 Å². The standard InChI is InChI=1S/C28H22N4O4S/c1-15-8-7-13-31-16(2)22(30-26(15)31)24(33)21-23(17-9-5-4-6-10-17)32(27(35)25(21)34)28-29-19-12-11-18(36-3)14-20(19)37-28/h4-14,23,33H,1-3H3/b24-21+. The molecule has 1 atom stereocenters. The highest BCUT2D eigenvalue weighted by atomic mass is 32.1. The Labute approximate surface area is 216 Å². The number of pyridine rings is 1. The number of hydrogen-bond acceptors (Lipinski definition) is 7. The SMILES string of the molecule is COc1ccc2nc(N3C(=O)C(=O)/C(=C(/O)c4nc5c(C)cccn5c4C)C3c3ccccc3)sc2c1. The van der Waals surface area contributed by atoms with Crippen LogP contribution in [0.2, 0.25) is 0 Å². The Morgan fingerprint density at radius 3 is 2.54 bits per heavy atom. The summed E-state index contributed by atoms with van der Waals surface area (Å²) >= 11 is 1.28. The summed E-state index contributed by atoms with van der Waals surface area (Å²) in [7, 11) is 1.58. The van der Waals surface area contributed by atoms with Gasteiger partial charge in [0, 0.05) is 6.20 Å². The monoisotopic (exact) mass is 510 g/mol. The number of carbonyl (C=O) groups is 2. The van der Waals surface area contributed by atoms with Gasteiger partial charge in [-0.25, -0.2) is 9.97 Å². The van der Waals surface area contributed by atoms with Crippen LogP contribution in [0.5, 0.6) is 5.75 Å². The minimum Gasteiger partial charge on any atom is -0.505 e. The van der Waals surface area contributed by atoms with Crippen molar-refractivity contribution < 1.29 is 19.4 Å². The average molecular weight is 511 g/mol. The summed E-state index contributed by atoms with van der Waals surface area (Å²) in [6, 6.07) is 17.6. The van der Waals surface area contributed by atoms with Crippen molar-refractivity contribution in [1.29, 1.82) is 0 Å². The first-order chi connectivity index (χ1) is 17.9. The van der Waals surface area contributed by atoms with Gasteiger partial charge in [-0.2, -0.15) is 0 Å². The lowest BCUT2D eigenvalue weighted by molar-refractivity contribution is -0.132. The van der Waals surface area contributed by atoms with Gasteiger partial charge in [-0.3, -0.25) is 14.5 Å². The number of fused-ring (bicyclic) bond motifs is 2. The molecule has 184 valence electrons. The number of amides is 1. The third-order valence-electron chi connectivity index (χ3n) is 6.66. The number of thiazole rings is 1. The highest BCUT2D eigenvalue weighted by molar-refractivity contribution is 7.22. The molecule has 1 unspecified atom stereocenters. The van der Waals surface area contributed by atoms with Gasteiger partial charge < -0.3 is 14.2 Å². The smallest absolute Gasteiger partial charge is 0.301 e. The van der Waals surface area contributed by atoms with E-state index >= 15 is 0 Å². The number of ketones is 1. The molecule has 9 heteroatoms. The number of benzene rings is 2. The second kappa shape index (κ2) is 8.56. The first kappa shape index (κ1) is 22.9. The minimum atomic E-state index is -0.867. The van der Waals surface area contributed by atoms with Crippen LogP contribution in [0.3, 0.4) is 0 Å². The molecule has 1 amide bonds. The lowest BCUT2D eigenvalue weighted by atomic mass is 9.96. The highest BCUT2D eigenvalue weighted by Crippen LogP contribution is 2.44. The lowest BCUT2D eigenvalue weighted by Gasteiger charge is -2.22. The first-order valence-electron chi connectivity index (χ1n) is 11.6. The van der Waals surface area contributed by atoms with Crippen molar-refractivity contribution in [1.82, 2.24) is 14.4 Å². The van der Waals surface area contributed by atoms with Crippen molar-refractivity contribution in [2.24, 2.45) is 0 Å². The van der Waals surface area contributed by atoms with Crippen molar-refractivity contribution in [2.75, 3.05) is 12.0 Å². The molecule has 5 aromatic rings.